The molecule has 1 aromatic heterocycles. The Morgan fingerprint density at radius 3 is 3.21 bits per heavy atom. The molecule has 14 heavy (non-hydrogen) atoms. The third-order valence-corrected chi connectivity index (χ3v) is 1.31. The van der Waals surface area contributed by atoms with Crippen molar-refractivity contribution in [2.75, 3.05) is 6.61 Å². The molecule has 5 heteroatoms. The van der Waals surface area contributed by atoms with Gasteiger partial charge < -0.3 is 0 Å². The molecule has 1 N–H and O–H groups in total. The van der Waals surface area contributed by atoms with E-state index in [2.05, 4.69) is 21.2 Å². The molecular formula is C9H7FN2O2. The van der Waals surface area contributed by atoms with Crippen LogP contribution < -0.4 is 5.48 Å². The Labute approximate surface area is 80.1 Å². The van der Waals surface area contributed by atoms with Gasteiger partial charge in [0.15, 0.2) is 0 Å². The molecule has 0 fully saturated rings. The van der Waals surface area contributed by atoms with Crippen LogP contribution in [0.2, 0.25) is 0 Å². The minimum atomic E-state index is -0.727. The summed E-state index contributed by atoms with van der Waals surface area (Å²) in [6, 6.07) is 2.35. The third-order valence-electron chi connectivity index (χ3n) is 1.31. The minimum absolute atomic E-state index is 0.0424. The number of carbonyl (C=O) groups excluding carboxylic acids is 1. The van der Waals surface area contributed by atoms with Crippen LogP contribution in [0.4, 0.5) is 4.39 Å². The van der Waals surface area contributed by atoms with Gasteiger partial charge >= 0.3 is 0 Å². The van der Waals surface area contributed by atoms with Gasteiger partial charge in [-0.2, -0.15) is 4.39 Å². The van der Waals surface area contributed by atoms with Crippen molar-refractivity contribution in [3.8, 4) is 12.3 Å². The van der Waals surface area contributed by atoms with Gasteiger partial charge in [0.2, 0.25) is 5.95 Å². The van der Waals surface area contributed by atoms with Gasteiger partial charge in [0, 0.05) is 17.8 Å². The maximum absolute atomic E-state index is 12.6. The molecule has 72 valence electrons. The number of hydrogen-bond acceptors (Lipinski definition) is 3. The summed E-state index contributed by atoms with van der Waals surface area (Å²) in [5, 5.41) is 0. The van der Waals surface area contributed by atoms with E-state index in [1.165, 1.54) is 12.3 Å². The van der Waals surface area contributed by atoms with Crippen LogP contribution in [0.3, 0.4) is 0 Å². The molecule has 1 heterocycles. The van der Waals surface area contributed by atoms with Crippen LogP contribution in [0.15, 0.2) is 18.3 Å². The van der Waals surface area contributed by atoms with E-state index in [9.17, 15) is 9.18 Å². The molecule has 0 bridgehead atoms. The molecule has 0 aromatic carbocycles. The fraction of sp³-hybridized carbons (Fsp3) is 0.111. The monoisotopic (exact) mass is 194 g/mol. The normalized spacial score (nSPS) is 9.14. The zero-order chi connectivity index (χ0) is 10.4. The van der Waals surface area contributed by atoms with Crippen molar-refractivity contribution in [2.24, 2.45) is 0 Å². The van der Waals surface area contributed by atoms with Crippen molar-refractivity contribution in [1.29, 1.82) is 0 Å². The first-order valence-corrected chi connectivity index (χ1v) is 3.71. The van der Waals surface area contributed by atoms with Crippen LogP contribution in [0.1, 0.15) is 10.4 Å². The summed E-state index contributed by atoms with van der Waals surface area (Å²) in [5.74, 6) is 0.867. The number of hydrogen-bond donors (Lipinski definition) is 1. The van der Waals surface area contributed by atoms with Gasteiger partial charge in [0.1, 0.15) is 6.61 Å². The topological polar surface area (TPSA) is 51.2 Å². The summed E-state index contributed by atoms with van der Waals surface area (Å²) in [6.07, 6.45) is 6.07. The maximum atomic E-state index is 12.6. The predicted molar refractivity (Wildman–Crippen MR) is 46.4 cm³/mol. The summed E-state index contributed by atoms with van der Waals surface area (Å²) >= 11 is 0. The average Bonchev–Trinajstić information content (AvgIpc) is 2.18. The first-order chi connectivity index (χ1) is 6.74. The van der Waals surface area contributed by atoms with Crippen LogP contribution in [-0.4, -0.2) is 17.5 Å². The highest BCUT2D eigenvalue weighted by molar-refractivity contribution is 5.93. The van der Waals surface area contributed by atoms with Gasteiger partial charge in [0.25, 0.3) is 5.91 Å². The number of carbonyl (C=O) groups is 1. The fourth-order valence-electron chi connectivity index (χ4n) is 0.746. The van der Waals surface area contributed by atoms with Gasteiger partial charge in [-0.3, -0.25) is 9.63 Å². The summed E-state index contributed by atoms with van der Waals surface area (Å²) in [6.45, 7) is -0.0424. The van der Waals surface area contributed by atoms with E-state index in [4.69, 9.17) is 6.42 Å². The highest BCUT2D eigenvalue weighted by atomic mass is 19.1. The number of hydroxylamine groups is 1. The number of pyridine rings is 1. The lowest BCUT2D eigenvalue weighted by atomic mass is 10.2. The van der Waals surface area contributed by atoms with Crippen LogP contribution in [0.5, 0.6) is 0 Å². The Hall–Kier alpha value is -1.93. The zero-order valence-electron chi connectivity index (χ0n) is 7.16. The molecule has 0 radical (unpaired) electrons. The number of rotatable bonds is 3. The van der Waals surface area contributed by atoms with E-state index >= 15 is 0 Å². The van der Waals surface area contributed by atoms with Gasteiger partial charge in [0.05, 0.1) is 0 Å². The second-order valence-electron chi connectivity index (χ2n) is 2.29. The first-order valence-electron chi connectivity index (χ1n) is 3.71. The van der Waals surface area contributed by atoms with Gasteiger partial charge in [-0.05, 0) is 6.07 Å². The van der Waals surface area contributed by atoms with Gasteiger partial charge in [-0.15, -0.1) is 6.42 Å². The molecule has 0 aliphatic rings. The largest absolute Gasteiger partial charge is 0.275 e. The van der Waals surface area contributed by atoms with Crippen molar-refractivity contribution in [2.45, 2.75) is 0 Å². The van der Waals surface area contributed by atoms with Crippen molar-refractivity contribution in [3.05, 3.63) is 29.8 Å². The lowest BCUT2D eigenvalue weighted by Crippen LogP contribution is -2.24. The van der Waals surface area contributed by atoms with Crippen LogP contribution in [0, 0.1) is 18.3 Å². The Morgan fingerprint density at radius 1 is 1.79 bits per heavy atom. The van der Waals surface area contributed by atoms with E-state index in [0.717, 1.165) is 6.07 Å². The van der Waals surface area contributed by atoms with Crippen molar-refractivity contribution in [1.82, 2.24) is 10.5 Å². The zero-order valence-corrected chi connectivity index (χ0v) is 7.16. The quantitative estimate of drug-likeness (QED) is 0.330. The Balaban J connectivity index is 2.57. The number of terminal acetylenes is 1. The molecular weight excluding hydrogens is 187 g/mol. The third kappa shape index (κ3) is 2.84. The molecule has 0 unspecified atom stereocenters. The first kappa shape index (κ1) is 10.2. The maximum Gasteiger partial charge on any atom is 0.275 e. The molecule has 0 aliphatic heterocycles. The predicted octanol–water partition coefficient (Wildman–Crippen LogP) is 0.515. The standard InChI is InChI=1S/C9H7FN2O2/c1-2-5-14-12-9(13)7-3-4-11-8(10)6-7/h1,3-4,6H,5H2,(H,12,13). The Kier molecular flexibility index (Phi) is 3.58. The Bertz CT molecular complexity index is 373. The molecule has 0 spiro atoms. The number of amides is 1. The van der Waals surface area contributed by atoms with E-state index < -0.39 is 11.9 Å². The van der Waals surface area contributed by atoms with Crippen molar-refractivity contribution >= 4 is 5.91 Å². The van der Waals surface area contributed by atoms with Gasteiger partial charge in [-0.1, -0.05) is 5.92 Å². The number of nitrogens with zero attached hydrogens (tertiary/aromatic N) is 1. The number of aromatic nitrogens is 1. The average molecular weight is 194 g/mol. The molecule has 1 rings (SSSR count). The lowest BCUT2D eigenvalue weighted by molar-refractivity contribution is 0.0437. The summed E-state index contributed by atoms with van der Waals surface area (Å²) < 4.78 is 12.6. The molecule has 0 atom stereocenters. The second kappa shape index (κ2) is 4.94. The number of nitrogens with one attached hydrogen (secondary N) is 1. The fourth-order valence-corrected chi connectivity index (χ4v) is 0.746. The van der Waals surface area contributed by atoms with E-state index in [1.807, 2.05) is 0 Å². The highest BCUT2D eigenvalue weighted by Crippen LogP contribution is 1.99. The SMILES string of the molecule is C#CCONC(=O)c1ccnc(F)c1. The molecule has 1 amide bonds. The molecule has 0 aliphatic carbocycles. The van der Waals surface area contributed by atoms with Crippen LogP contribution >= 0.6 is 0 Å². The summed E-state index contributed by atoms with van der Waals surface area (Å²) in [4.78, 5) is 19.0. The lowest BCUT2D eigenvalue weighted by Gasteiger charge is -2.02. The smallest absolute Gasteiger partial charge is 0.267 e. The van der Waals surface area contributed by atoms with E-state index in [0.29, 0.717) is 0 Å². The second-order valence-corrected chi connectivity index (χ2v) is 2.29. The summed E-state index contributed by atoms with van der Waals surface area (Å²) in [5.41, 5.74) is 2.17. The number of halogens is 1. The summed E-state index contributed by atoms with van der Waals surface area (Å²) in [7, 11) is 0. The van der Waals surface area contributed by atoms with Crippen LogP contribution in [0.25, 0.3) is 0 Å². The van der Waals surface area contributed by atoms with E-state index in [1.54, 1.807) is 0 Å². The minimum Gasteiger partial charge on any atom is -0.267 e. The van der Waals surface area contributed by atoms with Gasteiger partial charge in [-0.25, -0.2) is 10.5 Å². The molecule has 0 saturated heterocycles. The molecule has 0 saturated carbocycles. The Morgan fingerprint density at radius 2 is 2.57 bits per heavy atom. The van der Waals surface area contributed by atoms with Crippen molar-refractivity contribution in [3.63, 3.8) is 0 Å². The molecule has 1 aromatic rings. The van der Waals surface area contributed by atoms with E-state index in [-0.39, 0.29) is 12.2 Å². The highest BCUT2D eigenvalue weighted by Gasteiger charge is 2.05. The molecule has 4 nitrogen and oxygen atoms in total. The van der Waals surface area contributed by atoms with Crippen molar-refractivity contribution < 1.29 is 14.0 Å². The van der Waals surface area contributed by atoms with Crippen LogP contribution in [-0.2, 0) is 4.84 Å².